The van der Waals surface area contributed by atoms with Gasteiger partial charge in [0.2, 0.25) is 0 Å². The van der Waals surface area contributed by atoms with Crippen molar-refractivity contribution in [3.05, 3.63) is 35.0 Å². The lowest BCUT2D eigenvalue weighted by Crippen LogP contribution is -1.69. The van der Waals surface area contributed by atoms with Crippen molar-refractivity contribution < 1.29 is 0 Å². The van der Waals surface area contributed by atoms with Crippen molar-refractivity contribution in [2.75, 3.05) is 0 Å². The van der Waals surface area contributed by atoms with E-state index < -0.39 is 0 Å². The zero-order chi connectivity index (χ0) is 5.82. The van der Waals surface area contributed by atoms with Crippen molar-refractivity contribution in [1.29, 1.82) is 0 Å². The normalized spacial score (nSPS) is 9.00. The molecule has 0 aliphatic rings. The van der Waals surface area contributed by atoms with Gasteiger partial charge in [-0.15, -0.1) is 0 Å². The van der Waals surface area contributed by atoms with E-state index >= 15 is 0 Å². The van der Waals surface area contributed by atoms with Crippen LogP contribution in [0.25, 0.3) is 0 Å². The molecule has 0 spiro atoms. The van der Waals surface area contributed by atoms with Crippen LogP contribution in [-0.2, 0) is 6.42 Å². The van der Waals surface area contributed by atoms with Gasteiger partial charge in [0.15, 0.2) is 0 Å². The van der Waals surface area contributed by atoms with Gasteiger partial charge in [0.1, 0.15) is 0 Å². The molecule has 0 saturated heterocycles. The Balaban J connectivity index is 2.62. The Bertz CT molecular complexity index is 151. The highest BCUT2D eigenvalue weighted by atomic mass is 32.1. The lowest BCUT2D eigenvalue weighted by molar-refractivity contribution is 1.30. The molecule has 0 aliphatic carbocycles. The molecule has 1 aromatic heterocycles. The summed E-state index contributed by atoms with van der Waals surface area (Å²) in [4.78, 5) is 0. The maximum atomic E-state index is 5.20. The first-order chi connectivity index (χ1) is 3.93. The molecule has 8 heavy (non-hydrogen) atoms. The van der Waals surface area contributed by atoms with Crippen LogP contribution in [0.4, 0.5) is 0 Å². The van der Waals surface area contributed by atoms with Gasteiger partial charge in [0.25, 0.3) is 0 Å². The summed E-state index contributed by atoms with van der Waals surface area (Å²) in [5.74, 6) is 0. The van der Waals surface area contributed by atoms with Gasteiger partial charge in [-0.25, -0.2) is 0 Å². The highest BCUT2D eigenvalue weighted by molar-refractivity contribution is 7.07. The zero-order valence-electron chi connectivity index (χ0n) is 4.50. The first-order valence-electron chi connectivity index (χ1n) is 2.48. The summed E-state index contributed by atoms with van der Waals surface area (Å²) in [6, 6.07) is 2.08. The van der Waals surface area contributed by atoms with Crippen molar-refractivity contribution in [2.24, 2.45) is 0 Å². The first kappa shape index (κ1) is 5.57. The predicted octanol–water partition coefficient (Wildman–Crippen LogP) is 2.28. The molecule has 0 saturated carbocycles. The molecule has 0 amide bonds. The predicted molar refractivity (Wildman–Crippen MR) is 36.9 cm³/mol. The zero-order valence-corrected chi connectivity index (χ0v) is 5.32. The SMILES string of the molecule is [CH]=CCc1ccsc1. The van der Waals surface area contributed by atoms with E-state index in [2.05, 4.69) is 16.8 Å². The Hall–Kier alpha value is -0.560. The van der Waals surface area contributed by atoms with Crippen molar-refractivity contribution >= 4 is 11.3 Å². The van der Waals surface area contributed by atoms with Crippen LogP contribution >= 0.6 is 11.3 Å². The fourth-order valence-electron chi connectivity index (χ4n) is 0.545. The second kappa shape index (κ2) is 2.68. The maximum absolute atomic E-state index is 5.20. The van der Waals surface area contributed by atoms with Gasteiger partial charge in [-0.1, -0.05) is 12.7 Å². The highest BCUT2D eigenvalue weighted by Crippen LogP contribution is 2.05. The average Bonchev–Trinajstić information content (AvgIpc) is 2.19. The number of allylic oxidation sites excluding steroid dienone is 1. The summed E-state index contributed by atoms with van der Waals surface area (Å²) in [6.45, 7) is 5.20. The molecule has 1 rings (SSSR count). The van der Waals surface area contributed by atoms with Gasteiger partial charge in [-0.2, -0.15) is 11.3 Å². The Morgan fingerprint density at radius 3 is 3.12 bits per heavy atom. The van der Waals surface area contributed by atoms with E-state index in [0.717, 1.165) is 6.42 Å². The molecule has 0 aromatic carbocycles. The Labute approximate surface area is 53.5 Å². The lowest BCUT2D eigenvalue weighted by atomic mass is 10.2. The van der Waals surface area contributed by atoms with Crippen LogP contribution in [0.3, 0.4) is 0 Å². The van der Waals surface area contributed by atoms with Crippen molar-refractivity contribution in [3.63, 3.8) is 0 Å². The second-order valence-corrected chi connectivity index (χ2v) is 2.35. The monoisotopic (exact) mass is 123 g/mol. The summed E-state index contributed by atoms with van der Waals surface area (Å²) in [5, 5.41) is 4.15. The van der Waals surface area contributed by atoms with Crippen LogP contribution in [0.2, 0.25) is 0 Å². The molecule has 0 nitrogen and oxygen atoms in total. The Kier molecular flexibility index (Phi) is 1.86. The number of rotatable bonds is 2. The molecule has 0 atom stereocenters. The van der Waals surface area contributed by atoms with E-state index in [1.165, 1.54) is 5.56 Å². The van der Waals surface area contributed by atoms with Crippen LogP contribution in [0.1, 0.15) is 5.56 Å². The van der Waals surface area contributed by atoms with Gasteiger partial charge in [-0.05, 0) is 28.8 Å². The van der Waals surface area contributed by atoms with E-state index in [4.69, 9.17) is 6.58 Å². The van der Waals surface area contributed by atoms with E-state index in [9.17, 15) is 0 Å². The van der Waals surface area contributed by atoms with Crippen LogP contribution in [0.5, 0.6) is 0 Å². The quantitative estimate of drug-likeness (QED) is 0.566. The van der Waals surface area contributed by atoms with E-state index in [1.54, 1.807) is 17.4 Å². The summed E-state index contributed by atoms with van der Waals surface area (Å²) >= 11 is 1.70. The minimum Gasteiger partial charge on any atom is -0.152 e. The minimum absolute atomic E-state index is 0.892. The van der Waals surface area contributed by atoms with Gasteiger partial charge >= 0.3 is 0 Å². The molecule has 41 valence electrons. The molecular weight excluding hydrogens is 116 g/mol. The highest BCUT2D eigenvalue weighted by Gasteiger charge is 1.84. The second-order valence-electron chi connectivity index (χ2n) is 1.57. The van der Waals surface area contributed by atoms with Crippen molar-refractivity contribution in [2.45, 2.75) is 6.42 Å². The largest absolute Gasteiger partial charge is 0.152 e. The molecule has 1 heteroatoms. The fraction of sp³-hybridized carbons (Fsp3) is 0.143. The molecule has 0 bridgehead atoms. The Morgan fingerprint density at radius 1 is 1.75 bits per heavy atom. The topological polar surface area (TPSA) is 0 Å². The smallest absolute Gasteiger partial charge is 0.00581 e. The number of hydrogen-bond acceptors (Lipinski definition) is 1. The molecule has 1 heterocycles. The molecule has 0 aliphatic heterocycles. The lowest BCUT2D eigenvalue weighted by Gasteiger charge is -1.81. The van der Waals surface area contributed by atoms with E-state index in [1.807, 2.05) is 0 Å². The molecule has 1 radical (unpaired) electrons. The van der Waals surface area contributed by atoms with Crippen LogP contribution < -0.4 is 0 Å². The van der Waals surface area contributed by atoms with Gasteiger partial charge in [0.05, 0.1) is 0 Å². The number of hydrogen-bond donors (Lipinski definition) is 0. The van der Waals surface area contributed by atoms with Crippen molar-refractivity contribution in [1.82, 2.24) is 0 Å². The van der Waals surface area contributed by atoms with Crippen LogP contribution in [-0.4, -0.2) is 0 Å². The third-order valence-electron chi connectivity index (χ3n) is 0.934. The molecule has 0 unspecified atom stereocenters. The van der Waals surface area contributed by atoms with E-state index in [0.29, 0.717) is 0 Å². The maximum Gasteiger partial charge on any atom is -0.00581 e. The van der Waals surface area contributed by atoms with Gasteiger partial charge in [-0.3, -0.25) is 0 Å². The van der Waals surface area contributed by atoms with Gasteiger partial charge < -0.3 is 0 Å². The number of thiophene rings is 1. The molecule has 0 fully saturated rings. The van der Waals surface area contributed by atoms with Crippen LogP contribution in [0.15, 0.2) is 22.9 Å². The average molecular weight is 123 g/mol. The third-order valence-corrected chi connectivity index (χ3v) is 1.67. The Morgan fingerprint density at radius 2 is 2.62 bits per heavy atom. The van der Waals surface area contributed by atoms with E-state index in [-0.39, 0.29) is 0 Å². The van der Waals surface area contributed by atoms with Crippen LogP contribution in [0, 0.1) is 6.58 Å². The molecule has 0 N–H and O–H groups in total. The van der Waals surface area contributed by atoms with Crippen molar-refractivity contribution in [3.8, 4) is 0 Å². The summed E-state index contributed by atoms with van der Waals surface area (Å²) in [6.07, 6.45) is 2.56. The first-order valence-corrected chi connectivity index (χ1v) is 3.42. The molecule has 1 aromatic rings. The summed E-state index contributed by atoms with van der Waals surface area (Å²) in [5.41, 5.74) is 1.30. The van der Waals surface area contributed by atoms with Gasteiger partial charge in [0, 0.05) is 0 Å². The minimum atomic E-state index is 0.892. The summed E-state index contributed by atoms with van der Waals surface area (Å²) < 4.78 is 0. The third kappa shape index (κ3) is 1.20. The molecular formula is C7H7S. The standard InChI is InChI=1S/C7H7S/c1-2-3-7-4-5-8-6-7/h1-2,4-6H,3H2. The fourth-order valence-corrected chi connectivity index (χ4v) is 1.23. The summed E-state index contributed by atoms with van der Waals surface area (Å²) in [7, 11) is 0.